The molecule has 0 radical (unpaired) electrons. The van der Waals surface area contributed by atoms with Crippen LogP contribution in [0.15, 0.2) is 28.7 Å². The van der Waals surface area contributed by atoms with Crippen LogP contribution in [-0.4, -0.2) is 29.2 Å². The summed E-state index contributed by atoms with van der Waals surface area (Å²) >= 11 is 3.13. The van der Waals surface area contributed by atoms with Crippen molar-refractivity contribution in [3.63, 3.8) is 0 Å². The molecular weight excluding hydrogens is 428 g/mol. The third kappa shape index (κ3) is 6.28. The molecule has 148 valence electrons. The molecule has 27 heavy (non-hydrogen) atoms. The molecule has 1 fully saturated rings. The molecule has 1 aliphatic rings. The van der Waals surface area contributed by atoms with Crippen LogP contribution < -0.4 is 5.32 Å². The van der Waals surface area contributed by atoms with Gasteiger partial charge in [-0.3, -0.25) is 10.1 Å². The van der Waals surface area contributed by atoms with Gasteiger partial charge in [0.05, 0.1) is 12.5 Å². The molecular formula is C19H21BrF4N2O. The van der Waals surface area contributed by atoms with E-state index in [1.165, 1.54) is 24.3 Å². The minimum atomic E-state index is -4.82. The number of halogens is 5. The maximum atomic E-state index is 14.8. The fourth-order valence-corrected chi connectivity index (χ4v) is 3.07. The summed E-state index contributed by atoms with van der Waals surface area (Å²) in [6.07, 6.45) is -5.29. The lowest BCUT2D eigenvalue weighted by molar-refractivity contribution is -0.161. The number of hydrogen-bond acceptors (Lipinski definition) is 2. The molecule has 3 nitrogen and oxygen atoms in total. The summed E-state index contributed by atoms with van der Waals surface area (Å²) in [6, 6.07) is 1.16. The van der Waals surface area contributed by atoms with E-state index in [0.29, 0.717) is 17.3 Å². The molecule has 2 rings (SSSR count). The minimum Gasteiger partial charge on any atom is -0.310 e. The first-order valence-corrected chi connectivity index (χ1v) is 9.08. The molecule has 1 N–H and O–H groups in total. The zero-order valence-corrected chi connectivity index (χ0v) is 16.1. The number of carbonyl (C=O) groups is 1. The van der Waals surface area contributed by atoms with Crippen LogP contribution in [0.4, 0.5) is 17.6 Å². The van der Waals surface area contributed by atoms with Crippen molar-refractivity contribution < 1.29 is 26.5 Å². The van der Waals surface area contributed by atoms with Gasteiger partial charge in [0.15, 0.2) is 5.78 Å². The zero-order valence-electron chi connectivity index (χ0n) is 17.5. The first kappa shape index (κ1) is 17.6. The summed E-state index contributed by atoms with van der Waals surface area (Å²) in [7, 11) is 0. The standard InChI is InChI=1S/C19H21BrF4N2O/c1-17(2,21)10-14(15(27)11-18(25-3)8-9-18)26-16(19(22,23)24)12-4-6-13(20)7-5-12/h4-7,14,16,26H,8-11H2,1-2H3/t14-,16-/m0/s1/i1D3/t14-,16-,17?. The third-order valence-corrected chi connectivity index (χ3v) is 4.97. The second-order valence-electron chi connectivity index (χ2n) is 7.13. The Morgan fingerprint density at radius 3 is 2.41 bits per heavy atom. The van der Waals surface area contributed by atoms with Crippen LogP contribution in [0.5, 0.6) is 0 Å². The van der Waals surface area contributed by atoms with E-state index in [0.717, 1.165) is 6.92 Å². The van der Waals surface area contributed by atoms with E-state index < -0.39 is 48.5 Å². The van der Waals surface area contributed by atoms with Crippen molar-refractivity contribution in [3.05, 3.63) is 45.7 Å². The quantitative estimate of drug-likeness (QED) is 0.414. The lowest BCUT2D eigenvalue weighted by atomic mass is 9.92. The van der Waals surface area contributed by atoms with Gasteiger partial charge in [0.1, 0.15) is 11.7 Å². The molecule has 0 bridgehead atoms. The van der Waals surface area contributed by atoms with Gasteiger partial charge >= 0.3 is 6.18 Å². The lowest BCUT2D eigenvalue weighted by Crippen LogP contribution is -2.47. The maximum absolute atomic E-state index is 14.8. The molecule has 0 aliphatic heterocycles. The smallest absolute Gasteiger partial charge is 0.310 e. The van der Waals surface area contributed by atoms with Crippen molar-refractivity contribution in [1.29, 1.82) is 0 Å². The largest absolute Gasteiger partial charge is 0.407 e. The van der Waals surface area contributed by atoms with Crippen molar-refractivity contribution in [2.75, 3.05) is 0 Å². The van der Waals surface area contributed by atoms with E-state index in [4.69, 9.17) is 10.7 Å². The second-order valence-corrected chi connectivity index (χ2v) is 8.04. The Hall–Kier alpha value is -1.46. The summed E-state index contributed by atoms with van der Waals surface area (Å²) in [4.78, 5) is 16.1. The van der Waals surface area contributed by atoms with Crippen LogP contribution >= 0.6 is 15.9 Å². The Labute approximate surface area is 168 Å². The number of hydrogen-bond donors (Lipinski definition) is 1. The predicted octanol–water partition coefficient (Wildman–Crippen LogP) is 5.56. The molecule has 0 amide bonds. The molecule has 3 atom stereocenters. The molecule has 0 spiro atoms. The fraction of sp³-hybridized carbons (Fsp3) is 0.579. The Balaban J connectivity index is 2.36. The van der Waals surface area contributed by atoms with Crippen LogP contribution in [-0.2, 0) is 4.79 Å². The molecule has 0 heterocycles. The molecule has 8 heteroatoms. The van der Waals surface area contributed by atoms with Gasteiger partial charge in [0.25, 0.3) is 0 Å². The first-order chi connectivity index (χ1) is 13.6. The highest BCUT2D eigenvalue weighted by atomic mass is 79.9. The van der Waals surface area contributed by atoms with Crippen LogP contribution in [0.2, 0.25) is 0 Å². The van der Waals surface area contributed by atoms with Crippen molar-refractivity contribution in [3.8, 4) is 0 Å². The van der Waals surface area contributed by atoms with E-state index in [1.54, 1.807) is 0 Å². The Bertz CT molecular complexity index is 815. The van der Waals surface area contributed by atoms with Gasteiger partial charge < -0.3 is 4.85 Å². The van der Waals surface area contributed by atoms with Gasteiger partial charge in [0, 0.05) is 27.8 Å². The Kier molecular flexibility index (Phi) is 5.14. The number of Topliss-reactive ketones (excluding diaryl/α,β-unsaturated/α-hetero) is 1. The molecule has 1 unspecified atom stereocenters. The van der Waals surface area contributed by atoms with Gasteiger partial charge in [-0.05, 0) is 31.5 Å². The highest BCUT2D eigenvalue weighted by Crippen LogP contribution is 2.44. The zero-order chi connectivity index (χ0) is 23.0. The van der Waals surface area contributed by atoms with Crippen LogP contribution in [0.1, 0.15) is 55.2 Å². The number of rotatable bonds is 8. The number of nitrogens with zero attached hydrogens (tertiary/aromatic N) is 1. The monoisotopic (exact) mass is 451 g/mol. The Morgan fingerprint density at radius 1 is 1.37 bits per heavy atom. The second kappa shape index (κ2) is 7.88. The van der Waals surface area contributed by atoms with Gasteiger partial charge in [-0.2, -0.15) is 13.2 Å². The van der Waals surface area contributed by atoms with Crippen LogP contribution in [0, 0.1) is 6.57 Å². The minimum absolute atomic E-state index is 0.204. The van der Waals surface area contributed by atoms with E-state index >= 15 is 0 Å². The number of carbonyl (C=O) groups excluding carboxylic acids is 1. The molecule has 1 aromatic rings. The molecule has 0 saturated heterocycles. The van der Waals surface area contributed by atoms with E-state index in [1.807, 2.05) is 0 Å². The van der Waals surface area contributed by atoms with Gasteiger partial charge in [-0.25, -0.2) is 11.0 Å². The number of ketones is 1. The normalized spacial score (nSPS) is 22.3. The SMILES string of the molecule is [2H]C([2H])([2H])C(C)(F)C[C@H](N[C@@H](c1ccc(Br)cc1)C(F)(F)F)C(=O)CC1([N+]#[C-])CC1. The number of nitrogens with one attached hydrogen (secondary N) is 1. The lowest BCUT2D eigenvalue weighted by Gasteiger charge is -2.30. The van der Waals surface area contributed by atoms with Crippen molar-refractivity contribution in [2.45, 2.75) is 68.9 Å². The molecule has 0 aromatic heterocycles. The average molecular weight is 452 g/mol. The summed E-state index contributed by atoms with van der Waals surface area (Å²) < 4.78 is 78.7. The van der Waals surface area contributed by atoms with Gasteiger partial charge in [0.2, 0.25) is 5.54 Å². The molecule has 1 aliphatic carbocycles. The summed E-state index contributed by atoms with van der Waals surface area (Å²) in [5.41, 5.74) is -4.08. The topological polar surface area (TPSA) is 33.5 Å². The summed E-state index contributed by atoms with van der Waals surface area (Å²) in [6.45, 7) is 4.79. The summed E-state index contributed by atoms with van der Waals surface area (Å²) in [5.74, 6) is -0.803. The first-order valence-electron chi connectivity index (χ1n) is 9.79. The third-order valence-electron chi connectivity index (χ3n) is 4.44. The van der Waals surface area contributed by atoms with E-state index in [2.05, 4.69) is 26.1 Å². The molecule has 1 aromatic carbocycles. The van der Waals surface area contributed by atoms with Gasteiger partial charge in [-0.15, -0.1) is 0 Å². The van der Waals surface area contributed by atoms with Crippen molar-refractivity contribution in [1.82, 2.24) is 5.32 Å². The number of alkyl halides is 4. The van der Waals surface area contributed by atoms with E-state index in [-0.39, 0.29) is 12.0 Å². The van der Waals surface area contributed by atoms with Crippen molar-refractivity contribution >= 4 is 21.7 Å². The predicted molar refractivity (Wildman–Crippen MR) is 97.9 cm³/mol. The van der Waals surface area contributed by atoms with Gasteiger partial charge in [-0.1, -0.05) is 28.1 Å². The number of benzene rings is 1. The fourth-order valence-electron chi connectivity index (χ4n) is 2.81. The summed E-state index contributed by atoms with van der Waals surface area (Å²) in [5, 5.41) is 2.15. The van der Waals surface area contributed by atoms with Crippen LogP contribution in [0.3, 0.4) is 0 Å². The van der Waals surface area contributed by atoms with Crippen molar-refractivity contribution in [2.24, 2.45) is 0 Å². The Morgan fingerprint density at radius 2 is 1.96 bits per heavy atom. The highest BCUT2D eigenvalue weighted by molar-refractivity contribution is 9.10. The van der Waals surface area contributed by atoms with E-state index in [9.17, 15) is 22.4 Å². The highest BCUT2D eigenvalue weighted by Gasteiger charge is 2.53. The van der Waals surface area contributed by atoms with Crippen LogP contribution in [0.25, 0.3) is 4.85 Å². The maximum Gasteiger partial charge on any atom is 0.407 e. The molecule has 1 saturated carbocycles. The average Bonchev–Trinajstić information content (AvgIpc) is 3.37.